The molecular weight excluding hydrogens is 238 g/mol. The Morgan fingerprint density at radius 3 is 2.24 bits per heavy atom. The number of nitrogens with zero attached hydrogens (tertiary/aromatic N) is 1. The van der Waals surface area contributed by atoms with Gasteiger partial charge in [0.1, 0.15) is 0 Å². The summed E-state index contributed by atoms with van der Waals surface area (Å²) in [6, 6.07) is 6.36. The summed E-state index contributed by atoms with van der Waals surface area (Å²) in [5, 5.41) is 11.2. The van der Waals surface area contributed by atoms with Crippen LogP contribution in [0.15, 0.2) is 36.4 Å². The maximum Gasteiger partial charge on any atom is 0.278 e. The number of rotatable bonds is 3. The third-order valence-corrected chi connectivity index (χ3v) is 3.11. The van der Waals surface area contributed by atoms with E-state index in [1.807, 2.05) is 0 Å². The molecule has 1 amide bonds. The van der Waals surface area contributed by atoms with Crippen molar-refractivity contribution in [3.8, 4) is 0 Å². The van der Waals surface area contributed by atoms with Crippen molar-refractivity contribution in [3.63, 3.8) is 0 Å². The van der Waals surface area contributed by atoms with Gasteiger partial charge < -0.3 is 0 Å². The van der Waals surface area contributed by atoms with E-state index in [1.54, 1.807) is 45.0 Å². The van der Waals surface area contributed by atoms with Crippen LogP contribution in [0.4, 0.5) is 0 Å². The summed E-state index contributed by atoms with van der Waals surface area (Å²) in [6.07, 6.45) is 0. The summed E-state index contributed by atoms with van der Waals surface area (Å²) in [5.41, 5.74) is 0.269. The van der Waals surface area contributed by atoms with Crippen LogP contribution in [0.5, 0.6) is 0 Å². The Bertz CT molecular complexity index is 437. The van der Waals surface area contributed by atoms with E-state index in [4.69, 9.17) is 11.6 Å². The van der Waals surface area contributed by atoms with Crippen molar-refractivity contribution in [2.75, 3.05) is 0 Å². The van der Waals surface area contributed by atoms with E-state index >= 15 is 0 Å². The molecule has 0 fully saturated rings. The highest BCUT2D eigenvalue weighted by Crippen LogP contribution is 2.23. The van der Waals surface area contributed by atoms with Gasteiger partial charge >= 0.3 is 0 Å². The van der Waals surface area contributed by atoms with Gasteiger partial charge in [0.15, 0.2) is 0 Å². The Labute approximate surface area is 106 Å². The summed E-state index contributed by atoms with van der Waals surface area (Å²) in [6.45, 7) is 8.98. The van der Waals surface area contributed by atoms with Crippen LogP contribution in [0, 0.1) is 0 Å². The van der Waals surface area contributed by atoms with Crippen molar-refractivity contribution >= 4 is 17.5 Å². The fraction of sp³-hybridized carbons (Fsp3) is 0.308. The van der Waals surface area contributed by atoms with Crippen LogP contribution in [0.3, 0.4) is 0 Å². The highest BCUT2D eigenvalue weighted by atomic mass is 35.5. The minimum absolute atomic E-state index is 0.381. The lowest BCUT2D eigenvalue weighted by atomic mass is 9.96. The Kier molecular flexibility index (Phi) is 3.96. The smallest absolute Gasteiger partial charge is 0.278 e. The third-order valence-electron chi connectivity index (χ3n) is 2.86. The first-order chi connectivity index (χ1) is 7.76. The van der Waals surface area contributed by atoms with Gasteiger partial charge in [0.2, 0.25) is 0 Å². The summed E-state index contributed by atoms with van der Waals surface area (Å²) in [5.74, 6) is -0.477. The number of carbonyl (C=O) groups excluding carboxylic acids is 1. The predicted molar refractivity (Wildman–Crippen MR) is 68.3 cm³/mol. The van der Waals surface area contributed by atoms with Crippen molar-refractivity contribution in [1.82, 2.24) is 5.06 Å². The van der Waals surface area contributed by atoms with Crippen LogP contribution in [-0.2, 0) is 0 Å². The fourth-order valence-electron chi connectivity index (χ4n) is 1.15. The minimum atomic E-state index is -0.809. The summed E-state index contributed by atoms with van der Waals surface area (Å²) >= 11 is 5.73. The molecule has 0 saturated carbocycles. The normalized spacial score (nSPS) is 11.1. The van der Waals surface area contributed by atoms with Crippen LogP contribution in [-0.4, -0.2) is 21.7 Å². The summed E-state index contributed by atoms with van der Waals surface area (Å²) < 4.78 is 0. The van der Waals surface area contributed by atoms with Crippen molar-refractivity contribution in [1.29, 1.82) is 0 Å². The number of hydrogen-bond donors (Lipinski definition) is 1. The number of hydroxylamine groups is 2. The van der Waals surface area contributed by atoms with Gasteiger partial charge in [0.25, 0.3) is 5.91 Å². The number of benzene rings is 1. The van der Waals surface area contributed by atoms with Crippen molar-refractivity contribution in [3.05, 3.63) is 47.0 Å². The molecule has 0 heterocycles. The molecule has 4 heteroatoms. The Morgan fingerprint density at radius 2 is 1.82 bits per heavy atom. The van der Waals surface area contributed by atoms with E-state index in [0.29, 0.717) is 21.2 Å². The van der Waals surface area contributed by atoms with Gasteiger partial charge in [-0.1, -0.05) is 23.8 Å². The molecule has 0 atom stereocenters. The van der Waals surface area contributed by atoms with Gasteiger partial charge in [0.05, 0.1) is 5.54 Å². The molecule has 1 rings (SSSR count). The quantitative estimate of drug-likeness (QED) is 0.509. The minimum Gasteiger partial charge on any atom is -0.285 e. The van der Waals surface area contributed by atoms with Crippen LogP contribution in [0.25, 0.3) is 0 Å². The molecule has 17 heavy (non-hydrogen) atoms. The van der Waals surface area contributed by atoms with Gasteiger partial charge in [-0.3, -0.25) is 10.0 Å². The molecule has 0 radical (unpaired) electrons. The summed E-state index contributed by atoms with van der Waals surface area (Å²) in [4.78, 5) is 12.0. The van der Waals surface area contributed by atoms with Crippen LogP contribution in [0.1, 0.15) is 31.1 Å². The zero-order valence-corrected chi connectivity index (χ0v) is 11.0. The predicted octanol–water partition coefficient (Wildman–Crippen LogP) is 3.53. The zero-order valence-electron chi connectivity index (χ0n) is 10.2. The Hall–Kier alpha value is -1.32. The number of halogens is 1. The maximum absolute atomic E-state index is 12.0. The number of hydrogen-bond acceptors (Lipinski definition) is 2. The fourth-order valence-corrected chi connectivity index (χ4v) is 1.28. The molecule has 1 aromatic carbocycles. The van der Waals surface area contributed by atoms with E-state index in [9.17, 15) is 10.0 Å². The molecule has 0 saturated heterocycles. The van der Waals surface area contributed by atoms with Gasteiger partial charge in [-0.15, -0.1) is 0 Å². The molecule has 0 bridgehead atoms. The molecule has 1 N–H and O–H groups in total. The highest BCUT2D eigenvalue weighted by molar-refractivity contribution is 6.30. The SMILES string of the molecule is C=C(C)C(C)(C)N(O)C(=O)c1ccc(Cl)cc1. The monoisotopic (exact) mass is 253 g/mol. The molecule has 0 aliphatic rings. The van der Waals surface area contributed by atoms with Gasteiger partial charge in [0, 0.05) is 10.6 Å². The first-order valence-electron chi connectivity index (χ1n) is 5.22. The second-order valence-electron chi connectivity index (χ2n) is 4.46. The van der Waals surface area contributed by atoms with Crippen LogP contribution < -0.4 is 0 Å². The second kappa shape index (κ2) is 4.90. The second-order valence-corrected chi connectivity index (χ2v) is 4.90. The van der Waals surface area contributed by atoms with E-state index in [0.717, 1.165) is 0 Å². The molecule has 0 aliphatic carbocycles. The van der Waals surface area contributed by atoms with Crippen molar-refractivity contribution in [2.45, 2.75) is 26.3 Å². The van der Waals surface area contributed by atoms with E-state index < -0.39 is 11.4 Å². The molecule has 92 valence electrons. The molecule has 0 unspecified atom stereocenters. The third kappa shape index (κ3) is 2.87. The van der Waals surface area contributed by atoms with E-state index in [-0.39, 0.29) is 0 Å². The highest BCUT2D eigenvalue weighted by Gasteiger charge is 2.31. The van der Waals surface area contributed by atoms with Crippen molar-refractivity contribution in [2.24, 2.45) is 0 Å². The van der Waals surface area contributed by atoms with Gasteiger partial charge in [-0.25, -0.2) is 5.06 Å². The molecule has 0 aliphatic heterocycles. The zero-order chi connectivity index (χ0) is 13.2. The lowest BCUT2D eigenvalue weighted by Crippen LogP contribution is -2.46. The number of amides is 1. The molecule has 3 nitrogen and oxygen atoms in total. The Morgan fingerprint density at radius 1 is 1.35 bits per heavy atom. The van der Waals surface area contributed by atoms with E-state index in [2.05, 4.69) is 6.58 Å². The lowest BCUT2D eigenvalue weighted by molar-refractivity contribution is -0.108. The first-order valence-corrected chi connectivity index (χ1v) is 5.59. The lowest BCUT2D eigenvalue weighted by Gasteiger charge is -2.33. The average molecular weight is 254 g/mol. The Balaban J connectivity index is 2.98. The van der Waals surface area contributed by atoms with Crippen LogP contribution in [0.2, 0.25) is 5.02 Å². The summed E-state index contributed by atoms with van der Waals surface area (Å²) in [7, 11) is 0. The molecule has 1 aromatic rings. The van der Waals surface area contributed by atoms with Gasteiger partial charge in [-0.05, 0) is 45.0 Å². The molecule has 0 spiro atoms. The topological polar surface area (TPSA) is 40.5 Å². The van der Waals surface area contributed by atoms with Gasteiger partial charge in [-0.2, -0.15) is 0 Å². The number of carbonyl (C=O) groups is 1. The van der Waals surface area contributed by atoms with E-state index in [1.165, 1.54) is 0 Å². The maximum atomic E-state index is 12.0. The van der Waals surface area contributed by atoms with Crippen LogP contribution >= 0.6 is 11.6 Å². The molecule has 0 aromatic heterocycles. The van der Waals surface area contributed by atoms with Crippen molar-refractivity contribution < 1.29 is 10.0 Å². The standard InChI is InChI=1S/C13H16ClNO2/c1-9(2)13(3,4)15(17)12(16)10-5-7-11(14)8-6-10/h5-8,17H,1H2,2-4H3. The molecular formula is C13H16ClNO2. The first kappa shape index (κ1) is 13.7. The average Bonchev–Trinajstić information content (AvgIpc) is 2.27. The largest absolute Gasteiger partial charge is 0.285 e.